The summed E-state index contributed by atoms with van der Waals surface area (Å²) in [6, 6.07) is 0. The number of amides is 1. The molecule has 0 aromatic rings. The molecule has 0 saturated heterocycles. The van der Waals surface area contributed by atoms with Gasteiger partial charge >= 0.3 is 0 Å². The zero-order valence-corrected chi connectivity index (χ0v) is 7.83. The van der Waals surface area contributed by atoms with E-state index in [1.165, 1.54) is 19.3 Å². The fourth-order valence-electron chi connectivity index (χ4n) is 1.83. The van der Waals surface area contributed by atoms with E-state index in [-0.39, 0.29) is 11.9 Å². The standard InChI is InChI=1S/C9H17N3O/c10-9(11)12-8(13)6-7-4-2-1-3-5-7/h7H,1-6H2,(H4,10,11,12,13). The summed E-state index contributed by atoms with van der Waals surface area (Å²) < 4.78 is 0. The third-order valence-electron chi connectivity index (χ3n) is 2.44. The number of nitrogens with zero attached hydrogens (tertiary/aromatic N) is 1. The minimum atomic E-state index is -0.174. The van der Waals surface area contributed by atoms with Crippen LogP contribution in [0.3, 0.4) is 0 Å². The highest BCUT2D eigenvalue weighted by Crippen LogP contribution is 2.26. The topological polar surface area (TPSA) is 81.5 Å². The Labute approximate surface area is 78.4 Å². The van der Waals surface area contributed by atoms with Crippen LogP contribution in [-0.2, 0) is 4.79 Å². The Morgan fingerprint density at radius 2 is 1.85 bits per heavy atom. The molecule has 0 bridgehead atoms. The monoisotopic (exact) mass is 183 g/mol. The summed E-state index contributed by atoms with van der Waals surface area (Å²) in [4.78, 5) is 14.7. The third-order valence-corrected chi connectivity index (χ3v) is 2.44. The van der Waals surface area contributed by atoms with Gasteiger partial charge in [-0.25, -0.2) is 0 Å². The molecule has 0 aromatic heterocycles. The quantitative estimate of drug-likeness (QED) is 0.489. The predicted molar refractivity (Wildman–Crippen MR) is 52.0 cm³/mol. The molecular weight excluding hydrogens is 166 g/mol. The Bertz CT molecular complexity index is 203. The molecule has 1 rings (SSSR count). The van der Waals surface area contributed by atoms with Crippen molar-refractivity contribution in [1.82, 2.24) is 0 Å². The van der Waals surface area contributed by atoms with Crippen molar-refractivity contribution in [2.75, 3.05) is 0 Å². The van der Waals surface area contributed by atoms with E-state index in [0.717, 1.165) is 12.8 Å². The first-order chi connectivity index (χ1) is 6.18. The van der Waals surface area contributed by atoms with Gasteiger partial charge in [0.1, 0.15) is 0 Å². The summed E-state index contributed by atoms with van der Waals surface area (Å²) in [5.74, 6) is 0.206. The summed E-state index contributed by atoms with van der Waals surface area (Å²) in [5.41, 5.74) is 10.2. The van der Waals surface area contributed by atoms with Crippen LogP contribution in [0.2, 0.25) is 0 Å². The molecule has 1 aliphatic carbocycles. The second-order valence-corrected chi connectivity index (χ2v) is 3.64. The van der Waals surface area contributed by atoms with Crippen molar-refractivity contribution in [3.05, 3.63) is 0 Å². The smallest absolute Gasteiger partial charge is 0.249 e. The van der Waals surface area contributed by atoms with Gasteiger partial charge in [-0.1, -0.05) is 19.3 Å². The molecule has 0 spiro atoms. The van der Waals surface area contributed by atoms with Crippen molar-refractivity contribution >= 4 is 11.9 Å². The molecule has 1 saturated carbocycles. The second kappa shape index (κ2) is 4.84. The van der Waals surface area contributed by atoms with Crippen LogP contribution in [0.1, 0.15) is 38.5 Å². The average Bonchev–Trinajstić information content (AvgIpc) is 2.04. The largest absolute Gasteiger partial charge is 0.370 e. The van der Waals surface area contributed by atoms with Gasteiger partial charge in [-0.3, -0.25) is 4.79 Å². The fourth-order valence-corrected chi connectivity index (χ4v) is 1.83. The first kappa shape index (κ1) is 10.0. The van der Waals surface area contributed by atoms with Gasteiger partial charge in [0, 0.05) is 6.42 Å². The Balaban J connectivity index is 2.30. The molecule has 0 aromatic carbocycles. The Hall–Kier alpha value is -1.06. The highest BCUT2D eigenvalue weighted by atomic mass is 16.1. The van der Waals surface area contributed by atoms with Crippen LogP contribution in [0.25, 0.3) is 0 Å². The summed E-state index contributed by atoms with van der Waals surface area (Å²) in [5, 5.41) is 0. The molecule has 4 nitrogen and oxygen atoms in total. The Kier molecular flexibility index (Phi) is 3.73. The van der Waals surface area contributed by atoms with Gasteiger partial charge in [-0.05, 0) is 18.8 Å². The fraction of sp³-hybridized carbons (Fsp3) is 0.778. The van der Waals surface area contributed by atoms with Crippen molar-refractivity contribution in [2.45, 2.75) is 38.5 Å². The molecule has 0 heterocycles. The zero-order chi connectivity index (χ0) is 9.68. The molecule has 1 amide bonds. The number of aliphatic imine (C=N–C) groups is 1. The van der Waals surface area contributed by atoms with E-state index in [4.69, 9.17) is 11.5 Å². The van der Waals surface area contributed by atoms with Crippen molar-refractivity contribution in [3.8, 4) is 0 Å². The maximum atomic E-state index is 11.2. The second-order valence-electron chi connectivity index (χ2n) is 3.64. The van der Waals surface area contributed by atoms with Crippen molar-refractivity contribution < 1.29 is 4.79 Å². The van der Waals surface area contributed by atoms with Crippen LogP contribution in [0.15, 0.2) is 4.99 Å². The lowest BCUT2D eigenvalue weighted by Gasteiger charge is -2.19. The lowest BCUT2D eigenvalue weighted by molar-refractivity contribution is -0.118. The molecule has 4 heteroatoms. The van der Waals surface area contributed by atoms with E-state index in [1.807, 2.05) is 0 Å². The first-order valence-electron chi connectivity index (χ1n) is 4.81. The minimum absolute atomic E-state index is 0.124. The number of nitrogens with two attached hydrogens (primary N) is 2. The maximum absolute atomic E-state index is 11.2. The lowest BCUT2D eigenvalue weighted by atomic mass is 9.87. The molecular formula is C9H17N3O. The van der Waals surface area contributed by atoms with Crippen LogP contribution < -0.4 is 11.5 Å². The molecule has 1 aliphatic rings. The van der Waals surface area contributed by atoms with E-state index in [0.29, 0.717) is 12.3 Å². The van der Waals surface area contributed by atoms with Crippen LogP contribution in [0, 0.1) is 5.92 Å². The lowest BCUT2D eigenvalue weighted by Crippen LogP contribution is -2.24. The van der Waals surface area contributed by atoms with Gasteiger partial charge in [0.15, 0.2) is 5.96 Å². The number of guanidine groups is 1. The normalized spacial score (nSPS) is 18.2. The van der Waals surface area contributed by atoms with Gasteiger partial charge < -0.3 is 11.5 Å². The summed E-state index contributed by atoms with van der Waals surface area (Å²) in [6.07, 6.45) is 6.57. The number of hydrogen-bond donors (Lipinski definition) is 2. The van der Waals surface area contributed by atoms with E-state index in [1.54, 1.807) is 0 Å². The molecule has 13 heavy (non-hydrogen) atoms. The molecule has 0 unspecified atom stereocenters. The van der Waals surface area contributed by atoms with Crippen LogP contribution in [0.4, 0.5) is 0 Å². The predicted octanol–water partition coefficient (Wildman–Crippen LogP) is 0.757. The van der Waals surface area contributed by atoms with Gasteiger partial charge in [0.05, 0.1) is 0 Å². The van der Waals surface area contributed by atoms with Crippen LogP contribution >= 0.6 is 0 Å². The van der Waals surface area contributed by atoms with E-state index in [9.17, 15) is 4.79 Å². The first-order valence-corrected chi connectivity index (χ1v) is 4.81. The number of rotatable bonds is 2. The summed E-state index contributed by atoms with van der Waals surface area (Å²) in [7, 11) is 0. The molecule has 4 N–H and O–H groups in total. The van der Waals surface area contributed by atoms with Crippen LogP contribution in [0.5, 0.6) is 0 Å². The number of carbonyl (C=O) groups is 1. The maximum Gasteiger partial charge on any atom is 0.249 e. The SMILES string of the molecule is NC(N)=NC(=O)CC1CCCCC1. The van der Waals surface area contributed by atoms with Crippen molar-refractivity contribution in [1.29, 1.82) is 0 Å². The number of carbonyl (C=O) groups excluding carboxylic acids is 1. The minimum Gasteiger partial charge on any atom is -0.370 e. The van der Waals surface area contributed by atoms with E-state index < -0.39 is 0 Å². The molecule has 0 atom stereocenters. The van der Waals surface area contributed by atoms with Gasteiger partial charge in [0.2, 0.25) is 5.91 Å². The molecule has 0 aliphatic heterocycles. The van der Waals surface area contributed by atoms with Gasteiger partial charge in [-0.15, -0.1) is 0 Å². The van der Waals surface area contributed by atoms with Gasteiger partial charge in [-0.2, -0.15) is 4.99 Å². The highest BCUT2D eigenvalue weighted by Gasteiger charge is 2.16. The average molecular weight is 183 g/mol. The highest BCUT2D eigenvalue weighted by molar-refractivity contribution is 5.91. The van der Waals surface area contributed by atoms with Crippen molar-refractivity contribution in [2.24, 2.45) is 22.4 Å². The van der Waals surface area contributed by atoms with Gasteiger partial charge in [0.25, 0.3) is 0 Å². The van der Waals surface area contributed by atoms with E-state index >= 15 is 0 Å². The number of hydrogen-bond acceptors (Lipinski definition) is 1. The van der Waals surface area contributed by atoms with E-state index in [2.05, 4.69) is 4.99 Å². The Morgan fingerprint density at radius 3 is 2.38 bits per heavy atom. The zero-order valence-electron chi connectivity index (χ0n) is 7.83. The third kappa shape index (κ3) is 3.92. The van der Waals surface area contributed by atoms with Crippen LogP contribution in [-0.4, -0.2) is 11.9 Å². The Morgan fingerprint density at radius 1 is 1.23 bits per heavy atom. The summed E-state index contributed by atoms with van der Waals surface area (Å²) >= 11 is 0. The molecule has 1 fully saturated rings. The summed E-state index contributed by atoms with van der Waals surface area (Å²) in [6.45, 7) is 0. The van der Waals surface area contributed by atoms with Crippen molar-refractivity contribution in [3.63, 3.8) is 0 Å². The molecule has 74 valence electrons. The molecule has 0 radical (unpaired) electrons.